The third-order valence-corrected chi connectivity index (χ3v) is 1.95. The minimum Gasteiger partial charge on any atom is -0.480 e. The second-order valence-electron chi connectivity index (χ2n) is 3.41. The van der Waals surface area contributed by atoms with E-state index < -0.39 is 23.9 Å². The summed E-state index contributed by atoms with van der Waals surface area (Å²) in [6, 6.07) is -1.77. The number of aliphatic carboxylic acids is 1. The van der Waals surface area contributed by atoms with Gasteiger partial charge in [-0.2, -0.15) is 0 Å². The summed E-state index contributed by atoms with van der Waals surface area (Å²) in [5, 5.41) is 11.1. The number of amides is 3. The number of carbonyl (C=O) groups excluding carboxylic acids is 2. The molecule has 0 aromatic rings. The maximum absolute atomic E-state index is 11.4. The molecule has 0 saturated heterocycles. The summed E-state index contributed by atoms with van der Waals surface area (Å²) in [6.07, 6.45) is 4.84. The number of carboxylic acids is 1. The number of urea groups is 1. The lowest BCUT2D eigenvalue weighted by Crippen LogP contribution is -2.47. The Balaban J connectivity index is 4.35. The third-order valence-electron chi connectivity index (χ3n) is 1.95. The van der Waals surface area contributed by atoms with Crippen LogP contribution in [0, 0.1) is 12.3 Å². The fraction of sp³-hybridized carbons (Fsp3) is 0.500. The number of rotatable bonds is 6. The lowest BCUT2D eigenvalue weighted by atomic mass is 10.1. The Labute approximate surface area is 99.0 Å². The molecule has 0 aromatic heterocycles. The molecule has 0 spiro atoms. The highest BCUT2D eigenvalue weighted by Gasteiger charge is 2.21. The quantitative estimate of drug-likeness (QED) is 0.516. The number of carboxylic acid groups (broad SMARTS) is 1. The van der Waals surface area contributed by atoms with Gasteiger partial charge < -0.3 is 21.1 Å². The van der Waals surface area contributed by atoms with Crippen molar-refractivity contribution in [3.63, 3.8) is 0 Å². The van der Waals surface area contributed by atoms with Gasteiger partial charge in [0.25, 0.3) is 0 Å². The molecule has 0 aromatic carbocycles. The smallest absolute Gasteiger partial charge is 0.326 e. The summed E-state index contributed by atoms with van der Waals surface area (Å²) < 4.78 is 0. The van der Waals surface area contributed by atoms with Crippen molar-refractivity contribution in [1.82, 2.24) is 10.2 Å². The predicted octanol–water partition coefficient (Wildman–Crippen LogP) is -1.02. The molecule has 7 heteroatoms. The van der Waals surface area contributed by atoms with Gasteiger partial charge in [-0.15, -0.1) is 6.42 Å². The molecule has 0 aliphatic carbocycles. The number of nitrogens with one attached hydrogen (secondary N) is 1. The Hall–Kier alpha value is -2.23. The summed E-state index contributed by atoms with van der Waals surface area (Å²) in [6.45, 7) is 0.0635. The molecule has 1 unspecified atom stereocenters. The zero-order valence-corrected chi connectivity index (χ0v) is 9.47. The van der Waals surface area contributed by atoms with Crippen LogP contribution in [0.15, 0.2) is 0 Å². The Morgan fingerprint density at radius 3 is 2.53 bits per heavy atom. The first-order chi connectivity index (χ1) is 7.88. The van der Waals surface area contributed by atoms with Gasteiger partial charge in [0.1, 0.15) is 6.04 Å². The van der Waals surface area contributed by atoms with Gasteiger partial charge in [-0.1, -0.05) is 5.92 Å². The van der Waals surface area contributed by atoms with E-state index in [0.29, 0.717) is 0 Å². The summed E-state index contributed by atoms with van der Waals surface area (Å²) >= 11 is 0. The van der Waals surface area contributed by atoms with E-state index in [-0.39, 0.29) is 19.4 Å². The number of hydrogen-bond donors (Lipinski definition) is 3. The highest BCUT2D eigenvalue weighted by atomic mass is 16.4. The Bertz CT molecular complexity index is 348. The van der Waals surface area contributed by atoms with Gasteiger partial charge in [0, 0.05) is 13.5 Å². The summed E-state index contributed by atoms with van der Waals surface area (Å²) in [5.74, 6) is 0.394. The van der Waals surface area contributed by atoms with Gasteiger partial charge in [0.2, 0.25) is 5.91 Å². The van der Waals surface area contributed by atoms with Crippen LogP contribution < -0.4 is 11.1 Å². The lowest BCUT2D eigenvalue weighted by Gasteiger charge is -2.19. The Morgan fingerprint density at radius 1 is 1.53 bits per heavy atom. The van der Waals surface area contributed by atoms with Crippen LogP contribution in [0.1, 0.15) is 12.8 Å². The standard InChI is InChI=1S/C10H15N3O4/c1-3-6-13(2)10(17)12-7(9(15)16)4-5-8(11)14/h1,7H,4-6H2,2H3,(H2,11,14)(H,12,17)(H,15,16). The normalized spacial score (nSPS) is 11.1. The topological polar surface area (TPSA) is 113 Å². The van der Waals surface area contributed by atoms with Gasteiger partial charge in [0.15, 0.2) is 0 Å². The first-order valence-electron chi connectivity index (χ1n) is 4.84. The molecule has 0 heterocycles. The minimum absolute atomic E-state index is 0.0553. The molecule has 0 saturated carbocycles. The first kappa shape index (κ1) is 14.8. The maximum Gasteiger partial charge on any atom is 0.326 e. The molecule has 7 nitrogen and oxygen atoms in total. The summed E-state index contributed by atoms with van der Waals surface area (Å²) in [4.78, 5) is 33.9. The van der Waals surface area contributed by atoms with Gasteiger partial charge in [-0.05, 0) is 6.42 Å². The van der Waals surface area contributed by atoms with Crippen LogP contribution in [-0.2, 0) is 9.59 Å². The lowest BCUT2D eigenvalue weighted by molar-refractivity contribution is -0.139. The van der Waals surface area contributed by atoms with E-state index in [1.807, 2.05) is 0 Å². The zero-order valence-electron chi connectivity index (χ0n) is 9.47. The fourth-order valence-corrected chi connectivity index (χ4v) is 1.01. The SMILES string of the molecule is C#CCN(C)C(=O)NC(CCC(N)=O)C(=O)O. The van der Waals surface area contributed by atoms with Gasteiger partial charge in [-0.25, -0.2) is 9.59 Å². The maximum atomic E-state index is 11.4. The molecule has 0 aliphatic heterocycles. The molecular formula is C10H15N3O4. The number of primary amides is 1. The van der Waals surface area contributed by atoms with E-state index in [2.05, 4.69) is 11.2 Å². The van der Waals surface area contributed by atoms with Crippen molar-refractivity contribution >= 4 is 17.9 Å². The molecule has 0 fully saturated rings. The van der Waals surface area contributed by atoms with Gasteiger partial charge in [0.05, 0.1) is 6.54 Å². The molecule has 0 bridgehead atoms. The number of carbonyl (C=O) groups is 3. The molecule has 1 atom stereocenters. The molecule has 17 heavy (non-hydrogen) atoms. The van der Waals surface area contributed by atoms with Crippen molar-refractivity contribution in [3.8, 4) is 12.3 Å². The van der Waals surface area contributed by atoms with Crippen LogP contribution in [-0.4, -0.2) is 47.5 Å². The van der Waals surface area contributed by atoms with Crippen LogP contribution in [0.4, 0.5) is 4.79 Å². The predicted molar refractivity (Wildman–Crippen MR) is 59.8 cm³/mol. The van der Waals surface area contributed by atoms with E-state index in [4.69, 9.17) is 17.3 Å². The van der Waals surface area contributed by atoms with Crippen molar-refractivity contribution in [2.45, 2.75) is 18.9 Å². The van der Waals surface area contributed by atoms with E-state index >= 15 is 0 Å². The first-order valence-corrected chi connectivity index (χ1v) is 4.84. The van der Waals surface area contributed by atoms with Gasteiger partial charge >= 0.3 is 12.0 Å². The van der Waals surface area contributed by atoms with E-state index in [1.165, 1.54) is 7.05 Å². The van der Waals surface area contributed by atoms with Crippen molar-refractivity contribution in [3.05, 3.63) is 0 Å². The molecule has 4 N–H and O–H groups in total. The number of nitrogens with two attached hydrogens (primary N) is 1. The molecule has 0 radical (unpaired) electrons. The fourth-order valence-electron chi connectivity index (χ4n) is 1.01. The van der Waals surface area contributed by atoms with Crippen LogP contribution >= 0.6 is 0 Å². The number of nitrogens with zero attached hydrogens (tertiary/aromatic N) is 1. The highest BCUT2D eigenvalue weighted by molar-refractivity contribution is 5.83. The molecule has 94 valence electrons. The molecular weight excluding hydrogens is 226 g/mol. The summed E-state index contributed by atoms with van der Waals surface area (Å²) in [5.41, 5.74) is 4.90. The van der Waals surface area contributed by atoms with Gasteiger partial charge in [-0.3, -0.25) is 4.79 Å². The molecule has 0 aliphatic rings. The van der Waals surface area contributed by atoms with Crippen molar-refractivity contribution in [1.29, 1.82) is 0 Å². The van der Waals surface area contributed by atoms with Crippen LogP contribution in [0.25, 0.3) is 0 Å². The summed E-state index contributed by atoms with van der Waals surface area (Å²) in [7, 11) is 1.43. The Kier molecular flexibility index (Phi) is 6.18. The Morgan fingerprint density at radius 2 is 2.12 bits per heavy atom. The van der Waals surface area contributed by atoms with E-state index in [1.54, 1.807) is 0 Å². The van der Waals surface area contributed by atoms with Crippen molar-refractivity contribution < 1.29 is 19.5 Å². The number of terminal acetylenes is 1. The third kappa shape index (κ3) is 6.04. The second-order valence-corrected chi connectivity index (χ2v) is 3.41. The molecule has 0 rings (SSSR count). The van der Waals surface area contributed by atoms with Crippen LogP contribution in [0.3, 0.4) is 0 Å². The van der Waals surface area contributed by atoms with Crippen molar-refractivity contribution in [2.75, 3.05) is 13.6 Å². The average Bonchev–Trinajstić information content (AvgIpc) is 2.23. The monoisotopic (exact) mass is 241 g/mol. The zero-order chi connectivity index (χ0) is 13.4. The largest absolute Gasteiger partial charge is 0.480 e. The van der Waals surface area contributed by atoms with Crippen LogP contribution in [0.2, 0.25) is 0 Å². The molecule has 3 amide bonds. The second kappa shape index (κ2) is 7.11. The van der Waals surface area contributed by atoms with E-state index in [9.17, 15) is 14.4 Å². The van der Waals surface area contributed by atoms with Crippen LogP contribution in [0.5, 0.6) is 0 Å². The van der Waals surface area contributed by atoms with Crippen molar-refractivity contribution in [2.24, 2.45) is 5.73 Å². The minimum atomic E-state index is -1.23. The highest BCUT2D eigenvalue weighted by Crippen LogP contribution is 1.98. The number of hydrogen-bond acceptors (Lipinski definition) is 3. The van der Waals surface area contributed by atoms with E-state index in [0.717, 1.165) is 4.90 Å². The average molecular weight is 241 g/mol.